The molecule has 0 aliphatic rings. The summed E-state index contributed by atoms with van der Waals surface area (Å²) in [4.78, 5) is 8.69. The van der Waals surface area contributed by atoms with Crippen LogP contribution < -0.4 is 10.1 Å². The largest absolute Gasteiger partial charge is 0.496 e. The summed E-state index contributed by atoms with van der Waals surface area (Å²) in [6.07, 6.45) is 7.08. The second-order valence-electron chi connectivity index (χ2n) is 5.17. The number of methoxy groups -OCH3 is 1. The Morgan fingerprint density at radius 1 is 1.25 bits per heavy atom. The van der Waals surface area contributed by atoms with E-state index in [-0.39, 0.29) is 0 Å². The minimum atomic E-state index is 0.474. The van der Waals surface area contributed by atoms with Gasteiger partial charge in [-0.2, -0.15) is 10.1 Å². The van der Waals surface area contributed by atoms with Crippen molar-refractivity contribution >= 4 is 17.3 Å². The molecule has 4 rings (SSSR count). The van der Waals surface area contributed by atoms with Gasteiger partial charge in [-0.1, -0.05) is 0 Å². The minimum Gasteiger partial charge on any atom is -0.496 e. The molecule has 119 valence electrons. The SMILES string of the molecule is COc1[c]ccc(Nc2nc3cncc(-c4cnn(C)c4)n3n2)c1. The van der Waals surface area contributed by atoms with Gasteiger partial charge in [-0.25, -0.2) is 4.52 Å². The summed E-state index contributed by atoms with van der Waals surface area (Å²) in [7, 11) is 3.47. The molecule has 0 saturated carbocycles. The first-order chi connectivity index (χ1) is 11.7. The maximum atomic E-state index is 5.17. The number of aromatic nitrogens is 6. The van der Waals surface area contributed by atoms with Crippen LogP contribution in [0.15, 0.2) is 43.0 Å². The maximum absolute atomic E-state index is 5.17. The molecule has 0 fully saturated rings. The highest BCUT2D eigenvalue weighted by molar-refractivity contribution is 5.62. The van der Waals surface area contributed by atoms with E-state index in [2.05, 4.69) is 31.5 Å². The average Bonchev–Trinajstić information content (AvgIpc) is 3.20. The predicted molar refractivity (Wildman–Crippen MR) is 88.1 cm³/mol. The van der Waals surface area contributed by atoms with Crippen LogP contribution in [0.2, 0.25) is 0 Å². The van der Waals surface area contributed by atoms with Crippen molar-refractivity contribution in [3.05, 3.63) is 49.1 Å². The van der Waals surface area contributed by atoms with Gasteiger partial charge in [0.05, 0.1) is 31.4 Å². The molecule has 0 spiro atoms. The van der Waals surface area contributed by atoms with E-state index in [1.807, 2.05) is 25.4 Å². The quantitative estimate of drug-likeness (QED) is 0.620. The zero-order chi connectivity index (χ0) is 16.5. The fraction of sp³-hybridized carbons (Fsp3) is 0.125. The van der Waals surface area contributed by atoms with Crippen molar-refractivity contribution in [3.8, 4) is 17.0 Å². The van der Waals surface area contributed by atoms with Gasteiger partial charge in [-0.15, -0.1) is 5.10 Å². The van der Waals surface area contributed by atoms with E-state index in [0.29, 0.717) is 17.3 Å². The molecular formula is C16H14N7O. The minimum absolute atomic E-state index is 0.474. The van der Waals surface area contributed by atoms with E-state index in [1.165, 1.54) is 0 Å². The number of hydrogen-bond donors (Lipinski definition) is 1. The number of ether oxygens (including phenoxy) is 1. The number of benzene rings is 1. The predicted octanol–water partition coefficient (Wildman–Crippen LogP) is 2.08. The zero-order valence-electron chi connectivity index (χ0n) is 13.1. The third-order valence-electron chi connectivity index (χ3n) is 3.50. The van der Waals surface area contributed by atoms with Crippen LogP contribution in [-0.2, 0) is 7.05 Å². The number of nitrogens with zero attached hydrogens (tertiary/aromatic N) is 6. The lowest BCUT2D eigenvalue weighted by molar-refractivity contribution is 0.414. The van der Waals surface area contributed by atoms with Crippen LogP contribution in [0.5, 0.6) is 5.75 Å². The van der Waals surface area contributed by atoms with Crippen molar-refractivity contribution in [2.75, 3.05) is 12.4 Å². The molecule has 0 saturated heterocycles. The molecule has 0 atom stereocenters. The number of nitrogens with one attached hydrogen (secondary N) is 1. The van der Waals surface area contributed by atoms with Crippen LogP contribution in [-0.4, -0.2) is 36.5 Å². The summed E-state index contributed by atoms with van der Waals surface area (Å²) in [5.74, 6) is 1.11. The summed E-state index contributed by atoms with van der Waals surface area (Å²) in [6.45, 7) is 0. The molecule has 0 aliphatic heterocycles. The summed E-state index contributed by atoms with van der Waals surface area (Å²) >= 11 is 0. The third kappa shape index (κ3) is 2.54. The second kappa shape index (κ2) is 5.65. The van der Waals surface area contributed by atoms with Gasteiger partial charge in [-0.05, 0) is 12.1 Å². The fourth-order valence-electron chi connectivity index (χ4n) is 2.39. The first-order valence-corrected chi connectivity index (χ1v) is 7.25. The molecule has 4 aromatic rings. The molecule has 1 N–H and O–H groups in total. The van der Waals surface area contributed by atoms with Gasteiger partial charge in [0.1, 0.15) is 5.75 Å². The highest BCUT2D eigenvalue weighted by atomic mass is 16.5. The van der Waals surface area contributed by atoms with Gasteiger partial charge >= 0.3 is 0 Å². The summed E-state index contributed by atoms with van der Waals surface area (Å²) in [5.41, 5.74) is 3.20. The molecule has 8 nitrogen and oxygen atoms in total. The number of hydrogen-bond acceptors (Lipinski definition) is 6. The maximum Gasteiger partial charge on any atom is 0.247 e. The topological polar surface area (TPSA) is 82.2 Å². The molecule has 8 heteroatoms. The third-order valence-corrected chi connectivity index (χ3v) is 3.50. The molecule has 3 heterocycles. The Kier molecular flexibility index (Phi) is 3.34. The van der Waals surface area contributed by atoms with Crippen molar-refractivity contribution in [3.63, 3.8) is 0 Å². The van der Waals surface area contributed by atoms with E-state index < -0.39 is 0 Å². The number of anilines is 2. The molecule has 1 aromatic carbocycles. The van der Waals surface area contributed by atoms with Gasteiger partial charge in [0.15, 0.2) is 5.65 Å². The molecule has 3 aromatic heterocycles. The van der Waals surface area contributed by atoms with Crippen molar-refractivity contribution < 1.29 is 4.74 Å². The fourth-order valence-corrected chi connectivity index (χ4v) is 2.39. The van der Waals surface area contributed by atoms with Crippen LogP contribution >= 0.6 is 0 Å². The van der Waals surface area contributed by atoms with Crippen molar-refractivity contribution in [1.29, 1.82) is 0 Å². The van der Waals surface area contributed by atoms with Gasteiger partial charge < -0.3 is 10.1 Å². The van der Waals surface area contributed by atoms with Gasteiger partial charge in [0.25, 0.3) is 0 Å². The molecule has 0 aliphatic carbocycles. The Bertz CT molecular complexity index is 1000. The van der Waals surface area contributed by atoms with E-state index in [1.54, 1.807) is 41.0 Å². The average molecular weight is 320 g/mol. The van der Waals surface area contributed by atoms with E-state index >= 15 is 0 Å². The van der Waals surface area contributed by atoms with Crippen LogP contribution in [0, 0.1) is 6.07 Å². The van der Waals surface area contributed by atoms with Crippen LogP contribution in [0.4, 0.5) is 11.6 Å². The highest BCUT2D eigenvalue weighted by Gasteiger charge is 2.11. The van der Waals surface area contributed by atoms with E-state index in [0.717, 1.165) is 16.9 Å². The highest BCUT2D eigenvalue weighted by Crippen LogP contribution is 2.22. The summed E-state index contributed by atoms with van der Waals surface area (Å²) < 4.78 is 8.64. The van der Waals surface area contributed by atoms with Gasteiger partial charge in [0, 0.05) is 36.6 Å². The smallest absolute Gasteiger partial charge is 0.247 e. The second-order valence-corrected chi connectivity index (χ2v) is 5.17. The normalized spacial score (nSPS) is 10.9. The number of rotatable bonds is 4. The summed E-state index contributed by atoms with van der Waals surface area (Å²) in [6, 6.07) is 8.45. The van der Waals surface area contributed by atoms with Crippen molar-refractivity contribution in [2.24, 2.45) is 7.05 Å². The Morgan fingerprint density at radius 2 is 2.17 bits per heavy atom. The zero-order valence-corrected chi connectivity index (χ0v) is 13.1. The lowest BCUT2D eigenvalue weighted by atomic mass is 10.3. The Morgan fingerprint density at radius 3 is 2.96 bits per heavy atom. The van der Waals surface area contributed by atoms with Gasteiger partial charge in [0.2, 0.25) is 5.95 Å². The molecule has 0 bridgehead atoms. The summed E-state index contributed by atoms with van der Waals surface area (Å²) in [5, 5.41) is 11.9. The molecule has 0 amide bonds. The van der Waals surface area contributed by atoms with Crippen LogP contribution in [0.1, 0.15) is 0 Å². The Hall–Kier alpha value is -3.42. The first kappa shape index (κ1) is 14.2. The lowest BCUT2D eigenvalue weighted by Crippen LogP contribution is -1.96. The number of aryl methyl sites for hydroxylation is 1. The van der Waals surface area contributed by atoms with Crippen LogP contribution in [0.3, 0.4) is 0 Å². The van der Waals surface area contributed by atoms with E-state index in [4.69, 9.17) is 4.74 Å². The molecule has 1 radical (unpaired) electrons. The standard InChI is InChI=1S/C16H14N7O/c1-22-10-11(7-18-22)14-8-17-9-15-20-16(21-23(14)15)19-12-4-3-5-13(6-12)24-2/h3-4,6-10H,1-2H3,(H,19,21). The monoisotopic (exact) mass is 320 g/mol. The molecular weight excluding hydrogens is 306 g/mol. The van der Waals surface area contributed by atoms with Crippen molar-refractivity contribution in [1.82, 2.24) is 29.4 Å². The van der Waals surface area contributed by atoms with E-state index in [9.17, 15) is 0 Å². The van der Waals surface area contributed by atoms with Crippen molar-refractivity contribution in [2.45, 2.75) is 0 Å². The van der Waals surface area contributed by atoms with Gasteiger partial charge in [-0.3, -0.25) is 9.67 Å². The number of fused-ring (bicyclic) bond motifs is 1. The first-order valence-electron chi connectivity index (χ1n) is 7.25. The molecule has 0 unspecified atom stereocenters. The Balaban J connectivity index is 1.73. The molecule has 24 heavy (non-hydrogen) atoms. The van der Waals surface area contributed by atoms with Crippen LogP contribution in [0.25, 0.3) is 16.9 Å². The Labute approximate surface area is 137 Å². The lowest BCUT2D eigenvalue weighted by Gasteiger charge is -2.03.